The molecule has 0 aliphatic rings. The molecule has 0 amide bonds. The van der Waals surface area contributed by atoms with Crippen molar-refractivity contribution in [3.8, 4) is 0 Å². The first kappa shape index (κ1) is 14.4. The number of hydrogen-bond donors (Lipinski definition) is 3. The molecule has 0 radical (unpaired) electrons. The van der Waals surface area contributed by atoms with Crippen LogP contribution in [0.1, 0.15) is 39.0 Å². The molecule has 12 heavy (non-hydrogen) atoms. The van der Waals surface area contributed by atoms with Crippen LogP contribution >= 0.6 is 0 Å². The van der Waals surface area contributed by atoms with Gasteiger partial charge in [0.1, 0.15) is 0 Å². The van der Waals surface area contributed by atoms with Gasteiger partial charge in [-0.2, -0.15) is 0 Å². The van der Waals surface area contributed by atoms with Crippen molar-refractivity contribution in [2.24, 2.45) is 11.5 Å². The average Bonchev–Trinajstić information content (AvgIpc) is 2.13. The molecule has 0 heterocycles. The lowest BCUT2D eigenvalue weighted by molar-refractivity contribution is 0.295. The Morgan fingerprint density at radius 3 is 1.42 bits per heavy atom. The van der Waals surface area contributed by atoms with E-state index in [0.717, 1.165) is 32.4 Å². The second kappa shape index (κ2) is 17.1. The van der Waals surface area contributed by atoms with Crippen molar-refractivity contribution in [1.29, 1.82) is 0 Å². The second-order valence-corrected chi connectivity index (χ2v) is 2.72. The van der Waals surface area contributed by atoms with Gasteiger partial charge in [0, 0.05) is 6.61 Å². The third-order valence-electron chi connectivity index (χ3n) is 1.38. The zero-order chi connectivity index (χ0) is 9.66. The highest BCUT2D eigenvalue weighted by Crippen LogP contribution is 1.95. The molecule has 3 heteroatoms. The van der Waals surface area contributed by atoms with Gasteiger partial charge in [0.25, 0.3) is 0 Å². The molecule has 0 aliphatic heterocycles. The maximum absolute atomic E-state index is 7.88. The largest absolute Gasteiger partial charge is 0.396 e. The molecular weight excluding hydrogens is 152 g/mol. The molecule has 0 fully saturated rings. The Morgan fingerprint density at radius 1 is 0.917 bits per heavy atom. The van der Waals surface area contributed by atoms with Crippen LogP contribution in [0.3, 0.4) is 0 Å². The fourth-order valence-electron chi connectivity index (χ4n) is 0.642. The molecule has 0 saturated heterocycles. The van der Waals surface area contributed by atoms with Crippen LogP contribution < -0.4 is 11.5 Å². The summed E-state index contributed by atoms with van der Waals surface area (Å²) >= 11 is 0. The Morgan fingerprint density at radius 2 is 1.25 bits per heavy atom. The predicted octanol–water partition coefficient (Wildman–Crippen LogP) is 0.853. The minimum absolute atomic E-state index is 0.319. The summed E-state index contributed by atoms with van der Waals surface area (Å²) in [5, 5.41) is 7.88. The Bertz CT molecular complexity index is 52.5. The van der Waals surface area contributed by atoms with Crippen molar-refractivity contribution < 1.29 is 5.11 Å². The van der Waals surface area contributed by atoms with E-state index in [0.29, 0.717) is 6.61 Å². The minimum atomic E-state index is 0.319. The summed E-state index contributed by atoms with van der Waals surface area (Å²) in [6, 6.07) is 0. The van der Waals surface area contributed by atoms with Gasteiger partial charge >= 0.3 is 0 Å². The van der Waals surface area contributed by atoms with Gasteiger partial charge < -0.3 is 16.6 Å². The summed E-state index contributed by atoms with van der Waals surface area (Å²) in [5.74, 6) is 0. The van der Waals surface area contributed by atoms with Crippen LogP contribution in [0.15, 0.2) is 0 Å². The first-order valence-electron chi connectivity index (χ1n) is 4.84. The van der Waals surface area contributed by atoms with E-state index < -0.39 is 0 Å². The first-order valence-corrected chi connectivity index (χ1v) is 4.84. The van der Waals surface area contributed by atoms with Crippen LogP contribution in [0.2, 0.25) is 0 Å². The Labute approximate surface area is 76.1 Å². The fourth-order valence-corrected chi connectivity index (χ4v) is 0.642. The van der Waals surface area contributed by atoms with Crippen LogP contribution in [-0.2, 0) is 0 Å². The van der Waals surface area contributed by atoms with Gasteiger partial charge in [-0.3, -0.25) is 0 Å². The lowest BCUT2D eigenvalue weighted by atomic mass is 10.2. The van der Waals surface area contributed by atoms with E-state index in [1.165, 1.54) is 12.8 Å². The standard InChI is InChI=1S/C6H16N2.C3H8O/c7-5-3-1-2-4-6-8;1-2-3-4/h1-8H2;4H,2-3H2,1H3. The minimum Gasteiger partial charge on any atom is -0.396 e. The van der Waals surface area contributed by atoms with Gasteiger partial charge in [-0.15, -0.1) is 0 Å². The lowest BCUT2D eigenvalue weighted by Crippen LogP contribution is -2.00. The highest BCUT2D eigenvalue weighted by molar-refractivity contribution is 4.43. The molecule has 0 aromatic carbocycles. The van der Waals surface area contributed by atoms with Crippen molar-refractivity contribution in [2.45, 2.75) is 39.0 Å². The van der Waals surface area contributed by atoms with E-state index in [1.54, 1.807) is 0 Å². The summed E-state index contributed by atoms with van der Waals surface area (Å²) in [6.45, 7) is 3.90. The number of unbranched alkanes of at least 4 members (excludes halogenated alkanes) is 3. The normalized spacial score (nSPS) is 9.00. The van der Waals surface area contributed by atoms with Gasteiger partial charge in [-0.25, -0.2) is 0 Å². The molecule has 5 N–H and O–H groups in total. The van der Waals surface area contributed by atoms with E-state index in [-0.39, 0.29) is 0 Å². The Hall–Kier alpha value is -0.120. The molecular formula is C9H24N2O. The third-order valence-corrected chi connectivity index (χ3v) is 1.38. The number of rotatable bonds is 6. The van der Waals surface area contributed by atoms with E-state index in [1.807, 2.05) is 6.92 Å². The summed E-state index contributed by atoms with van der Waals surface area (Å²) in [5.41, 5.74) is 10.6. The molecule has 0 spiro atoms. The summed E-state index contributed by atoms with van der Waals surface area (Å²) in [4.78, 5) is 0. The smallest absolute Gasteiger partial charge is 0.0428 e. The van der Waals surface area contributed by atoms with Crippen molar-refractivity contribution in [3.05, 3.63) is 0 Å². The zero-order valence-electron chi connectivity index (χ0n) is 8.26. The number of aliphatic hydroxyl groups is 1. The monoisotopic (exact) mass is 176 g/mol. The van der Waals surface area contributed by atoms with Crippen molar-refractivity contribution in [1.82, 2.24) is 0 Å². The summed E-state index contributed by atoms with van der Waals surface area (Å²) in [6.07, 6.45) is 5.67. The van der Waals surface area contributed by atoms with E-state index in [4.69, 9.17) is 16.6 Å². The topological polar surface area (TPSA) is 72.3 Å². The molecule has 0 rings (SSSR count). The number of nitrogens with two attached hydrogens (primary N) is 2. The SMILES string of the molecule is CCCO.NCCCCCCN. The quantitative estimate of drug-likeness (QED) is 0.525. The van der Waals surface area contributed by atoms with E-state index in [2.05, 4.69) is 0 Å². The molecule has 0 saturated carbocycles. The van der Waals surface area contributed by atoms with Crippen LogP contribution in [0.25, 0.3) is 0 Å². The lowest BCUT2D eigenvalue weighted by Gasteiger charge is -1.94. The van der Waals surface area contributed by atoms with Gasteiger partial charge in [-0.05, 0) is 32.4 Å². The van der Waals surface area contributed by atoms with Gasteiger partial charge in [0.15, 0.2) is 0 Å². The average molecular weight is 176 g/mol. The maximum atomic E-state index is 7.88. The maximum Gasteiger partial charge on any atom is 0.0428 e. The van der Waals surface area contributed by atoms with E-state index >= 15 is 0 Å². The summed E-state index contributed by atoms with van der Waals surface area (Å²) in [7, 11) is 0. The van der Waals surface area contributed by atoms with Gasteiger partial charge in [0.2, 0.25) is 0 Å². The number of aliphatic hydroxyl groups excluding tert-OH is 1. The molecule has 76 valence electrons. The van der Waals surface area contributed by atoms with Crippen LogP contribution in [0.4, 0.5) is 0 Å². The fraction of sp³-hybridized carbons (Fsp3) is 1.00. The van der Waals surface area contributed by atoms with Gasteiger partial charge in [0.05, 0.1) is 0 Å². The molecule has 3 nitrogen and oxygen atoms in total. The highest BCUT2D eigenvalue weighted by atomic mass is 16.2. The van der Waals surface area contributed by atoms with E-state index in [9.17, 15) is 0 Å². The molecule has 0 unspecified atom stereocenters. The van der Waals surface area contributed by atoms with Crippen molar-refractivity contribution in [2.75, 3.05) is 19.7 Å². The van der Waals surface area contributed by atoms with Crippen LogP contribution in [-0.4, -0.2) is 24.8 Å². The zero-order valence-corrected chi connectivity index (χ0v) is 8.26. The van der Waals surface area contributed by atoms with Gasteiger partial charge in [-0.1, -0.05) is 19.8 Å². The van der Waals surface area contributed by atoms with Crippen molar-refractivity contribution in [3.63, 3.8) is 0 Å². The first-order chi connectivity index (χ1) is 5.83. The van der Waals surface area contributed by atoms with Crippen LogP contribution in [0.5, 0.6) is 0 Å². The van der Waals surface area contributed by atoms with Crippen molar-refractivity contribution >= 4 is 0 Å². The predicted molar refractivity (Wildman–Crippen MR) is 54.0 cm³/mol. The molecule has 0 atom stereocenters. The second-order valence-electron chi connectivity index (χ2n) is 2.72. The molecule has 0 aliphatic carbocycles. The number of hydrogen-bond acceptors (Lipinski definition) is 3. The Balaban J connectivity index is 0. The van der Waals surface area contributed by atoms with Crippen LogP contribution in [0, 0.1) is 0 Å². The molecule has 0 aromatic rings. The third kappa shape index (κ3) is 22.5. The molecule has 0 bridgehead atoms. The summed E-state index contributed by atoms with van der Waals surface area (Å²) < 4.78 is 0. The Kier molecular flexibility index (Phi) is 20.5. The highest BCUT2D eigenvalue weighted by Gasteiger charge is 1.83. The molecule has 0 aromatic heterocycles.